The number of nitro groups is 1. The van der Waals surface area contributed by atoms with E-state index in [1.54, 1.807) is 0 Å². The number of nitrogens with zero attached hydrogens (tertiary/aromatic N) is 3. The Morgan fingerprint density at radius 1 is 1.39 bits per heavy atom. The summed E-state index contributed by atoms with van der Waals surface area (Å²) in [6, 6.07) is 1.26. The molecule has 0 aliphatic heterocycles. The molecule has 0 amide bonds. The van der Waals surface area contributed by atoms with Crippen LogP contribution in [0.3, 0.4) is 0 Å². The van der Waals surface area contributed by atoms with Crippen LogP contribution in [0.1, 0.15) is 21.7 Å². The van der Waals surface area contributed by atoms with Gasteiger partial charge in [-0.3, -0.25) is 10.1 Å². The van der Waals surface area contributed by atoms with Crippen molar-refractivity contribution < 1.29 is 23.2 Å². The molecule has 11 heteroatoms. The Hall–Kier alpha value is -1.84. The average Bonchev–Trinajstić information content (AvgIpc) is 2.93. The fourth-order valence-corrected chi connectivity index (χ4v) is 2.29. The third-order valence-electron chi connectivity index (χ3n) is 2.96. The minimum atomic E-state index is -4.85. The van der Waals surface area contributed by atoms with Crippen LogP contribution in [0.15, 0.2) is 24.7 Å². The van der Waals surface area contributed by atoms with Crippen LogP contribution in [0.5, 0.6) is 0 Å². The molecule has 0 atom stereocenters. The quantitative estimate of drug-likeness (QED) is 0.505. The monoisotopic (exact) mass is 369 g/mol. The number of aliphatic hydroxyl groups excluding tert-OH is 1. The number of hydrogen-bond acceptors (Lipinski definition) is 4. The molecule has 124 valence electrons. The Labute approximate surface area is 137 Å². The van der Waals surface area contributed by atoms with Gasteiger partial charge in [0.25, 0.3) is 5.69 Å². The maximum Gasteiger partial charge on any atom is 0.418 e. The van der Waals surface area contributed by atoms with Crippen molar-refractivity contribution in [2.45, 2.75) is 17.6 Å². The Balaban J connectivity index is 2.77. The Morgan fingerprint density at radius 3 is 2.48 bits per heavy atom. The van der Waals surface area contributed by atoms with E-state index in [1.807, 2.05) is 0 Å². The van der Waals surface area contributed by atoms with E-state index in [1.165, 1.54) is 0 Å². The van der Waals surface area contributed by atoms with Crippen molar-refractivity contribution >= 4 is 28.9 Å². The summed E-state index contributed by atoms with van der Waals surface area (Å²) in [6.45, 7) is -0.470. The van der Waals surface area contributed by atoms with E-state index in [4.69, 9.17) is 28.3 Å². The second-order valence-corrected chi connectivity index (χ2v) is 5.51. The zero-order chi connectivity index (χ0) is 17.4. The molecule has 0 aliphatic carbocycles. The van der Waals surface area contributed by atoms with Crippen LogP contribution in [0.4, 0.5) is 18.9 Å². The zero-order valence-electron chi connectivity index (χ0n) is 11.1. The molecule has 23 heavy (non-hydrogen) atoms. The lowest BCUT2D eigenvalue weighted by atomic mass is 10.1. The van der Waals surface area contributed by atoms with Crippen LogP contribution >= 0.6 is 23.2 Å². The zero-order valence-corrected chi connectivity index (χ0v) is 12.6. The number of benzene rings is 1. The van der Waals surface area contributed by atoms with Crippen molar-refractivity contribution in [3.63, 3.8) is 0 Å². The molecule has 2 aromatic rings. The molecule has 1 aromatic carbocycles. The highest BCUT2D eigenvalue weighted by Gasteiger charge is 2.37. The first kappa shape index (κ1) is 17.5. The van der Waals surface area contributed by atoms with Crippen LogP contribution in [0, 0.1) is 10.1 Å². The number of nitro benzene ring substituents is 1. The van der Waals surface area contributed by atoms with Gasteiger partial charge in [0.15, 0.2) is 0 Å². The van der Waals surface area contributed by atoms with E-state index in [0.29, 0.717) is 6.07 Å². The van der Waals surface area contributed by atoms with E-state index in [0.717, 1.165) is 23.2 Å². The minimum absolute atomic E-state index is 0.131. The highest BCUT2D eigenvalue weighted by atomic mass is 35.5. The molecule has 0 unspecified atom stereocenters. The molecule has 0 saturated heterocycles. The summed E-state index contributed by atoms with van der Waals surface area (Å²) in [5.41, 5.74) is -2.66. The van der Waals surface area contributed by atoms with Crippen LogP contribution in [0.2, 0.25) is 0 Å². The number of hydrogen-bond donors (Lipinski definition) is 1. The predicted molar refractivity (Wildman–Crippen MR) is 75.6 cm³/mol. The summed E-state index contributed by atoms with van der Waals surface area (Å²) in [4.78, 5) is 12.3. The molecule has 1 heterocycles. The third kappa shape index (κ3) is 3.57. The van der Waals surface area contributed by atoms with E-state index in [9.17, 15) is 23.3 Å². The molecule has 0 radical (unpaired) electrons. The van der Waals surface area contributed by atoms with Crippen LogP contribution in [-0.2, 0) is 12.8 Å². The Bertz CT molecular complexity index is 747. The van der Waals surface area contributed by atoms with Crippen molar-refractivity contribution in [3.05, 3.63) is 51.6 Å². The van der Waals surface area contributed by atoms with Gasteiger partial charge in [0.05, 0.1) is 40.4 Å². The van der Waals surface area contributed by atoms with Crippen molar-refractivity contribution in [1.82, 2.24) is 9.55 Å². The molecule has 0 bridgehead atoms. The maximum absolute atomic E-state index is 13.2. The first-order valence-electron chi connectivity index (χ1n) is 5.97. The first-order chi connectivity index (χ1) is 10.6. The summed E-state index contributed by atoms with van der Waals surface area (Å²) in [6.07, 6.45) is -2.64. The van der Waals surface area contributed by atoms with E-state index in [2.05, 4.69) is 4.98 Å². The highest BCUT2D eigenvalue weighted by molar-refractivity contribution is 6.44. The van der Waals surface area contributed by atoms with Gasteiger partial charge in [0, 0.05) is 12.3 Å². The number of imidazole rings is 1. The average molecular weight is 370 g/mol. The van der Waals surface area contributed by atoms with Crippen molar-refractivity contribution in [1.29, 1.82) is 0 Å². The minimum Gasteiger partial charge on any atom is -0.390 e. The van der Waals surface area contributed by atoms with Gasteiger partial charge in [-0.2, -0.15) is 13.2 Å². The third-order valence-corrected chi connectivity index (χ3v) is 3.43. The number of alkyl halides is 5. The van der Waals surface area contributed by atoms with E-state index < -0.39 is 39.5 Å². The molecule has 0 saturated carbocycles. The molecular formula is C12H8Cl2F3N3O3. The lowest BCUT2D eigenvalue weighted by molar-refractivity contribution is -0.385. The fraction of sp³-hybridized carbons (Fsp3) is 0.250. The summed E-state index contributed by atoms with van der Waals surface area (Å²) in [5, 5.41) is 19.9. The molecule has 2 rings (SSSR count). The van der Waals surface area contributed by atoms with Gasteiger partial charge >= 0.3 is 6.18 Å². The Kier molecular flexibility index (Phi) is 4.83. The summed E-state index contributed by atoms with van der Waals surface area (Å²) >= 11 is 11.3. The van der Waals surface area contributed by atoms with Crippen molar-refractivity contribution in [2.75, 3.05) is 0 Å². The van der Waals surface area contributed by atoms with Crippen molar-refractivity contribution in [2.24, 2.45) is 0 Å². The second-order valence-electron chi connectivity index (χ2n) is 4.41. The predicted octanol–water partition coefficient (Wildman–Crippen LogP) is 3.77. The largest absolute Gasteiger partial charge is 0.418 e. The van der Waals surface area contributed by atoms with Crippen LogP contribution < -0.4 is 0 Å². The maximum atomic E-state index is 13.2. The summed E-state index contributed by atoms with van der Waals surface area (Å²) in [7, 11) is 0. The highest BCUT2D eigenvalue weighted by Crippen LogP contribution is 2.41. The number of aromatic nitrogens is 2. The molecule has 1 N–H and O–H groups in total. The van der Waals surface area contributed by atoms with Gasteiger partial charge in [-0.25, -0.2) is 4.98 Å². The number of halogens is 5. The fourth-order valence-electron chi connectivity index (χ4n) is 1.94. The second kappa shape index (κ2) is 6.34. The SMILES string of the molecule is O=[N+]([O-])c1cc(C(F)(F)F)c(-n2cnc(CO)c2)cc1C(Cl)Cl. The van der Waals surface area contributed by atoms with Gasteiger partial charge in [0.2, 0.25) is 0 Å². The molecule has 6 nitrogen and oxygen atoms in total. The van der Waals surface area contributed by atoms with Gasteiger partial charge in [-0.15, -0.1) is 0 Å². The smallest absolute Gasteiger partial charge is 0.390 e. The van der Waals surface area contributed by atoms with Gasteiger partial charge in [-0.1, -0.05) is 23.2 Å². The molecule has 0 aliphatic rings. The molecule has 0 fully saturated rings. The summed E-state index contributed by atoms with van der Waals surface area (Å²) < 4.78 is 40.7. The summed E-state index contributed by atoms with van der Waals surface area (Å²) in [5.74, 6) is 0. The number of aliphatic hydroxyl groups is 1. The van der Waals surface area contributed by atoms with Crippen LogP contribution in [0.25, 0.3) is 5.69 Å². The number of rotatable bonds is 4. The normalized spacial score (nSPS) is 12.0. The van der Waals surface area contributed by atoms with Gasteiger partial charge in [-0.05, 0) is 6.07 Å². The van der Waals surface area contributed by atoms with Gasteiger partial charge < -0.3 is 9.67 Å². The lowest BCUT2D eigenvalue weighted by Gasteiger charge is -2.15. The topological polar surface area (TPSA) is 81.2 Å². The first-order valence-corrected chi connectivity index (χ1v) is 6.84. The van der Waals surface area contributed by atoms with Gasteiger partial charge in [0.1, 0.15) is 4.84 Å². The Morgan fingerprint density at radius 2 is 2.04 bits per heavy atom. The van der Waals surface area contributed by atoms with Crippen LogP contribution in [-0.4, -0.2) is 19.6 Å². The molecule has 1 aromatic heterocycles. The molecule has 0 spiro atoms. The lowest BCUT2D eigenvalue weighted by Crippen LogP contribution is -2.12. The molecular weight excluding hydrogens is 362 g/mol. The van der Waals surface area contributed by atoms with E-state index >= 15 is 0 Å². The standard InChI is InChI=1S/C12H8Cl2F3N3O3/c13-11(14)7-1-10(19-3-6(4-21)18-5-19)8(12(15,16)17)2-9(7)20(22)23/h1-3,5,11,21H,4H2. The van der Waals surface area contributed by atoms with Crippen molar-refractivity contribution in [3.8, 4) is 5.69 Å². The van der Waals surface area contributed by atoms with E-state index in [-0.39, 0.29) is 11.3 Å².